The highest BCUT2D eigenvalue weighted by Gasteiger charge is 2.31. The summed E-state index contributed by atoms with van der Waals surface area (Å²) in [6, 6.07) is 6.88. The lowest BCUT2D eigenvalue weighted by molar-refractivity contribution is -0.0653. The fourth-order valence-electron chi connectivity index (χ4n) is 2.91. The molecule has 0 spiro atoms. The second-order valence-corrected chi connectivity index (χ2v) is 5.51. The van der Waals surface area contributed by atoms with Crippen LogP contribution in [-0.2, 0) is 11.3 Å². The lowest BCUT2D eigenvalue weighted by Gasteiger charge is -2.33. The third-order valence-electron chi connectivity index (χ3n) is 4.01. The van der Waals surface area contributed by atoms with Gasteiger partial charge in [-0.2, -0.15) is 0 Å². The molecule has 1 N–H and O–H groups in total. The average Bonchev–Trinajstić information content (AvgIpc) is 2.65. The fourth-order valence-corrected chi connectivity index (χ4v) is 2.91. The maximum atomic E-state index is 13.6. The molecule has 1 fully saturated rings. The Morgan fingerprint density at radius 1 is 1.16 bits per heavy atom. The molecule has 1 aromatic carbocycles. The molecule has 106 valence electrons. The molecule has 3 heteroatoms. The van der Waals surface area contributed by atoms with Gasteiger partial charge in [0.1, 0.15) is 5.82 Å². The topological polar surface area (TPSA) is 21.3 Å². The van der Waals surface area contributed by atoms with Gasteiger partial charge in [0.2, 0.25) is 0 Å². The first-order chi connectivity index (χ1) is 9.26. The highest BCUT2D eigenvalue weighted by atomic mass is 19.1. The second-order valence-electron chi connectivity index (χ2n) is 5.51. The highest BCUT2D eigenvalue weighted by molar-refractivity contribution is 5.16. The van der Waals surface area contributed by atoms with Crippen molar-refractivity contribution in [2.75, 3.05) is 13.6 Å². The van der Waals surface area contributed by atoms with E-state index in [9.17, 15) is 4.39 Å². The summed E-state index contributed by atoms with van der Waals surface area (Å²) in [5.74, 6) is -0.171. The van der Waals surface area contributed by atoms with Gasteiger partial charge in [0.15, 0.2) is 0 Å². The van der Waals surface area contributed by atoms with Crippen molar-refractivity contribution in [3.63, 3.8) is 0 Å². The van der Waals surface area contributed by atoms with Crippen LogP contribution in [-0.4, -0.2) is 19.2 Å². The van der Waals surface area contributed by atoms with Crippen molar-refractivity contribution in [2.45, 2.75) is 50.7 Å². The molecule has 0 atom stereocenters. The van der Waals surface area contributed by atoms with Crippen LogP contribution in [0.3, 0.4) is 0 Å². The number of benzene rings is 1. The number of ether oxygens (including phenoxy) is 1. The molecular weight excluding hydrogens is 241 g/mol. The minimum atomic E-state index is -0.171. The number of likely N-dealkylation sites (N-methyl/N-ethyl adjacent to an activating group) is 1. The van der Waals surface area contributed by atoms with Crippen LogP contribution in [0.2, 0.25) is 0 Å². The standard InChI is InChI=1S/C16H24FNO/c1-18-13-16(10-6-2-3-7-11-16)19-12-14-8-4-5-9-15(14)17/h4-5,8-9,18H,2-3,6-7,10-13H2,1H3. The van der Waals surface area contributed by atoms with Crippen molar-refractivity contribution in [2.24, 2.45) is 0 Å². The third kappa shape index (κ3) is 4.02. The highest BCUT2D eigenvalue weighted by Crippen LogP contribution is 2.31. The van der Waals surface area contributed by atoms with Crippen molar-refractivity contribution < 1.29 is 9.13 Å². The largest absolute Gasteiger partial charge is 0.369 e. The van der Waals surface area contributed by atoms with Crippen LogP contribution in [0.5, 0.6) is 0 Å². The Morgan fingerprint density at radius 2 is 1.84 bits per heavy atom. The van der Waals surface area contributed by atoms with E-state index >= 15 is 0 Å². The van der Waals surface area contributed by atoms with Crippen molar-refractivity contribution in [3.8, 4) is 0 Å². The second kappa shape index (κ2) is 7.01. The van der Waals surface area contributed by atoms with Gasteiger partial charge >= 0.3 is 0 Å². The Bertz CT molecular complexity index is 386. The Kier molecular flexibility index (Phi) is 5.34. The summed E-state index contributed by atoms with van der Waals surface area (Å²) in [6.07, 6.45) is 7.13. The van der Waals surface area contributed by atoms with Gasteiger partial charge in [-0.15, -0.1) is 0 Å². The van der Waals surface area contributed by atoms with Crippen LogP contribution in [0.1, 0.15) is 44.1 Å². The van der Waals surface area contributed by atoms with E-state index in [2.05, 4.69) is 5.32 Å². The van der Waals surface area contributed by atoms with Gasteiger partial charge < -0.3 is 10.1 Å². The predicted octanol–water partition coefficient (Wildman–Crippen LogP) is 3.65. The first-order valence-electron chi connectivity index (χ1n) is 7.28. The van der Waals surface area contributed by atoms with Gasteiger partial charge in [-0.3, -0.25) is 0 Å². The zero-order chi connectivity index (χ0) is 13.6. The number of hydrogen-bond acceptors (Lipinski definition) is 2. The Balaban J connectivity index is 2.02. The van der Waals surface area contributed by atoms with E-state index in [1.807, 2.05) is 13.1 Å². The number of halogens is 1. The molecule has 0 radical (unpaired) electrons. The molecule has 1 aliphatic rings. The lowest BCUT2D eigenvalue weighted by atomic mass is 9.94. The molecule has 0 amide bonds. The van der Waals surface area contributed by atoms with E-state index in [-0.39, 0.29) is 11.4 Å². The van der Waals surface area contributed by atoms with Gasteiger partial charge in [0.25, 0.3) is 0 Å². The van der Waals surface area contributed by atoms with Gasteiger partial charge in [-0.1, -0.05) is 43.9 Å². The van der Waals surface area contributed by atoms with E-state index in [0.717, 1.165) is 19.4 Å². The third-order valence-corrected chi connectivity index (χ3v) is 4.01. The molecule has 0 unspecified atom stereocenters. The molecule has 1 aromatic rings. The molecule has 0 heterocycles. The van der Waals surface area contributed by atoms with Crippen LogP contribution in [0, 0.1) is 5.82 Å². The molecule has 0 aliphatic heterocycles. The molecule has 1 saturated carbocycles. The first-order valence-corrected chi connectivity index (χ1v) is 7.28. The first kappa shape index (κ1) is 14.5. The van der Waals surface area contributed by atoms with E-state index in [0.29, 0.717) is 12.2 Å². The van der Waals surface area contributed by atoms with Crippen LogP contribution >= 0.6 is 0 Å². The van der Waals surface area contributed by atoms with E-state index in [1.165, 1.54) is 31.7 Å². The SMILES string of the molecule is CNCC1(OCc2ccccc2F)CCCCCC1. The van der Waals surface area contributed by atoms with E-state index in [4.69, 9.17) is 4.74 Å². The zero-order valence-electron chi connectivity index (χ0n) is 11.8. The number of hydrogen-bond donors (Lipinski definition) is 1. The van der Waals surface area contributed by atoms with Crippen molar-refractivity contribution in [1.29, 1.82) is 0 Å². The van der Waals surface area contributed by atoms with Gasteiger partial charge in [-0.25, -0.2) is 4.39 Å². The Morgan fingerprint density at radius 3 is 2.47 bits per heavy atom. The summed E-state index contributed by atoms with van der Waals surface area (Å²) in [7, 11) is 1.96. The maximum Gasteiger partial charge on any atom is 0.128 e. The van der Waals surface area contributed by atoms with Crippen LogP contribution in [0.25, 0.3) is 0 Å². The van der Waals surface area contributed by atoms with Crippen LogP contribution in [0.4, 0.5) is 4.39 Å². The minimum Gasteiger partial charge on any atom is -0.369 e. The predicted molar refractivity (Wildman–Crippen MR) is 75.5 cm³/mol. The smallest absolute Gasteiger partial charge is 0.128 e. The summed E-state index contributed by atoms with van der Waals surface area (Å²) in [5, 5.41) is 3.24. The summed E-state index contributed by atoms with van der Waals surface area (Å²) >= 11 is 0. The summed E-state index contributed by atoms with van der Waals surface area (Å²) in [4.78, 5) is 0. The molecule has 0 bridgehead atoms. The molecular formula is C16H24FNO. The summed E-state index contributed by atoms with van der Waals surface area (Å²) in [5.41, 5.74) is 0.537. The molecule has 0 saturated heterocycles. The van der Waals surface area contributed by atoms with Gasteiger partial charge in [0, 0.05) is 12.1 Å². The number of nitrogens with one attached hydrogen (secondary N) is 1. The lowest BCUT2D eigenvalue weighted by Crippen LogP contribution is -2.41. The van der Waals surface area contributed by atoms with Crippen molar-refractivity contribution in [3.05, 3.63) is 35.6 Å². The normalized spacial score (nSPS) is 19.1. The fraction of sp³-hybridized carbons (Fsp3) is 0.625. The van der Waals surface area contributed by atoms with Crippen LogP contribution < -0.4 is 5.32 Å². The number of rotatable bonds is 5. The Hall–Kier alpha value is -0.930. The summed E-state index contributed by atoms with van der Waals surface area (Å²) in [6.45, 7) is 1.22. The minimum absolute atomic E-state index is 0.118. The van der Waals surface area contributed by atoms with E-state index < -0.39 is 0 Å². The monoisotopic (exact) mass is 265 g/mol. The molecule has 2 nitrogen and oxygen atoms in total. The molecule has 2 rings (SSSR count). The van der Waals surface area contributed by atoms with E-state index in [1.54, 1.807) is 12.1 Å². The zero-order valence-corrected chi connectivity index (χ0v) is 11.8. The quantitative estimate of drug-likeness (QED) is 0.820. The average molecular weight is 265 g/mol. The van der Waals surface area contributed by atoms with Gasteiger partial charge in [0.05, 0.1) is 12.2 Å². The van der Waals surface area contributed by atoms with Gasteiger partial charge in [-0.05, 0) is 26.0 Å². The summed E-state index contributed by atoms with van der Waals surface area (Å²) < 4.78 is 19.8. The maximum absolute atomic E-state index is 13.6. The molecule has 1 aliphatic carbocycles. The molecule has 19 heavy (non-hydrogen) atoms. The van der Waals surface area contributed by atoms with Crippen molar-refractivity contribution >= 4 is 0 Å². The Labute approximate surface area is 115 Å². The van der Waals surface area contributed by atoms with Crippen LogP contribution in [0.15, 0.2) is 24.3 Å². The van der Waals surface area contributed by atoms with Crippen molar-refractivity contribution in [1.82, 2.24) is 5.32 Å². The molecule has 0 aromatic heterocycles.